The van der Waals surface area contributed by atoms with Gasteiger partial charge >= 0.3 is 0 Å². The van der Waals surface area contributed by atoms with Crippen LogP contribution in [0.3, 0.4) is 0 Å². The molecule has 1 aliphatic heterocycles. The third-order valence-corrected chi connectivity index (χ3v) is 5.00. The number of hydrogen-bond donors (Lipinski definition) is 1. The predicted octanol–water partition coefficient (Wildman–Crippen LogP) is 3.58. The molecule has 4 nitrogen and oxygen atoms in total. The van der Waals surface area contributed by atoms with Crippen LogP contribution in [0.1, 0.15) is 28.8 Å². The summed E-state index contributed by atoms with van der Waals surface area (Å²) in [7, 11) is 0. The van der Waals surface area contributed by atoms with Gasteiger partial charge in [0.05, 0.1) is 12.0 Å². The largest absolute Gasteiger partial charge is 0.353 e. The van der Waals surface area contributed by atoms with Crippen molar-refractivity contribution in [1.29, 1.82) is 0 Å². The molecule has 2 amide bonds. The zero-order valence-corrected chi connectivity index (χ0v) is 15.3. The van der Waals surface area contributed by atoms with Gasteiger partial charge in [-0.1, -0.05) is 29.8 Å². The second-order valence-corrected chi connectivity index (χ2v) is 6.90. The normalized spacial score (nSPS) is 14.9. The highest BCUT2D eigenvalue weighted by Gasteiger charge is 2.26. The van der Waals surface area contributed by atoms with E-state index in [2.05, 4.69) is 5.32 Å². The first-order valence-electron chi connectivity index (χ1n) is 8.71. The van der Waals surface area contributed by atoms with Crippen LogP contribution < -0.4 is 5.32 Å². The minimum atomic E-state index is -0.542. The quantitative estimate of drug-likeness (QED) is 0.864. The van der Waals surface area contributed by atoms with Crippen molar-refractivity contribution in [2.45, 2.75) is 25.3 Å². The molecular formula is C20H19ClF2N2O2. The minimum Gasteiger partial charge on any atom is -0.353 e. The molecule has 1 N–H and O–H groups in total. The summed E-state index contributed by atoms with van der Waals surface area (Å²) in [5, 5.41) is 3.07. The van der Waals surface area contributed by atoms with E-state index in [4.69, 9.17) is 11.6 Å². The Morgan fingerprint density at radius 1 is 1.04 bits per heavy atom. The van der Waals surface area contributed by atoms with Crippen LogP contribution in [0.5, 0.6) is 0 Å². The van der Waals surface area contributed by atoms with E-state index in [1.807, 2.05) is 0 Å². The molecule has 0 aromatic heterocycles. The number of nitrogens with zero attached hydrogens (tertiary/aromatic N) is 1. The van der Waals surface area contributed by atoms with Gasteiger partial charge < -0.3 is 10.2 Å². The Morgan fingerprint density at radius 3 is 2.37 bits per heavy atom. The summed E-state index contributed by atoms with van der Waals surface area (Å²) in [5.74, 6) is -1.72. The van der Waals surface area contributed by atoms with Gasteiger partial charge in [0.25, 0.3) is 5.91 Å². The maximum Gasteiger partial charge on any atom is 0.256 e. The standard InChI is InChI=1S/C20H19ClF2N2O2/c21-16-5-3-7-18(23)15(16)12-19(26)24-13-8-10-25(11-9-13)20(27)14-4-1-2-6-17(14)22/h1-7,13H,8-12H2,(H,24,26). The van der Waals surface area contributed by atoms with Gasteiger partial charge in [-0.2, -0.15) is 0 Å². The molecule has 3 rings (SSSR count). The molecule has 0 unspecified atom stereocenters. The zero-order valence-electron chi connectivity index (χ0n) is 14.6. The van der Waals surface area contributed by atoms with Crippen molar-refractivity contribution in [3.63, 3.8) is 0 Å². The molecule has 1 saturated heterocycles. The smallest absolute Gasteiger partial charge is 0.256 e. The molecule has 1 fully saturated rings. The fourth-order valence-corrected chi connectivity index (χ4v) is 3.40. The Hall–Kier alpha value is -2.47. The van der Waals surface area contributed by atoms with Crippen LogP contribution in [0.25, 0.3) is 0 Å². The predicted molar refractivity (Wildman–Crippen MR) is 98.6 cm³/mol. The fourth-order valence-electron chi connectivity index (χ4n) is 3.17. The summed E-state index contributed by atoms with van der Waals surface area (Å²) in [6.45, 7) is 0.830. The Morgan fingerprint density at radius 2 is 1.70 bits per heavy atom. The molecule has 0 bridgehead atoms. The van der Waals surface area contributed by atoms with Gasteiger partial charge in [0.1, 0.15) is 11.6 Å². The highest BCUT2D eigenvalue weighted by atomic mass is 35.5. The first kappa shape index (κ1) is 19.3. The van der Waals surface area contributed by atoms with Gasteiger partial charge in [-0.3, -0.25) is 9.59 Å². The van der Waals surface area contributed by atoms with Crippen LogP contribution in [0.15, 0.2) is 42.5 Å². The molecule has 27 heavy (non-hydrogen) atoms. The van der Waals surface area contributed by atoms with E-state index >= 15 is 0 Å². The highest BCUT2D eigenvalue weighted by Crippen LogP contribution is 2.20. The van der Waals surface area contributed by atoms with Crippen molar-refractivity contribution in [3.05, 3.63) is 70.2 Å². The lowest BCUT2D eigenvalue weighted by Gasteiger charge is -2.32. The van der Waals surface area contributed by atoms with Crippen LogP contribution in [-0.4, -0.2) is 35.8 Å². The fraction of sp³-hybridized carbons (Fsp3) is 0.300. The Labute approximate surface area is 161 Å². The topological polar surface area (TPSA) is 49.4 Å². The highest BCUT2D eigenvalue weighted by molar-refractivity contribution is 6.31. The summed E-state index contributed by atoms with van der Waals surface area (Å²) >= 11 is 5.95. The molecule has 0 spiro atoms. The number of amides is 2. The first-order valence-corrected chi connectivity index (χ1v) is 9.09. The molecule has 0 aliphatic carbocycles. The number of rotatable bonds is 4. The maximum absolute atomic E-state index is 13.8. The molecule has 2 aromatic rings. The van der Waals surface area contributed by atoms with Gasteiger partial charge in [-0.15, -0.1) is 0 Å². The maximum atomic E-state index is 13.8. The minimum absolute atomic E-state index is 0.0502. The van der Waals surface area contributed by atoms with E-state index in [-0.39, 0.29) is 40.4 Å². The van der Waals surface area contributed by atoms with Gasteiger partial charge in [-0.05, 0) is 37.1 Å². The van der Waals surface area contributed by atoms with Crippen molar-refractivity contribution >= 4 is 23.4 Å². The number of likely N-dealkylation sites (tertiary alicyclic amines) is 1. The lowest BCUT2D eigenvalue weighted by Crippen LogP contribution is -2.47. The summed E-state index contributed by atoms with van der Waals surface area (Å²) in [6, 6.07) is 10.1. The summed E-state index contributed by atoms with van der Waals surface area (Å²) < 4.78 is 27.6. The Kier molecular flexibility index (Phi) is 6.06. The second-order valence-electron chi connectivity index (χ2n) is 6.49. The van der Waals surface area contributed by atoms with Crippen LogP contribution in [0.4, 0.5) is 8.78 Å². The average Bonchev–Trinajstić information content (AvgIpc) is 2.65. The van der Waals surface area contributed by atoms with Gasteiger partial charge in [0, 0.05) is 29.7 Å². The number of halogens is 3. The molecule has 0 radical (unpaired) electrons. The number of carbonyl (C=O) groups is 2. The van der Waals surface area contributed by atoms with E-state index < -0.39 is 11.6 Å². The number of hydrogen-bond acceptors (Lipinski definition) is 2. The lowest BCUT2D eigenvalue weighted by molar-refractivity contribution is -0.121. The molecule has 1 aliphatic rings. The average molecular weight is 393 g/mol. The van der Waals surface area contributed by atoms with E-state index in [0.29, 0.717) is 25.9 Å². The van der Waals surface area contributed by atoms with Crippen molar-refractivity contribution in [2.75, 3.05) is 13.1 Å². The van der Waals surface area contributed by atoms with Crippen LogP contribution in [-0.2, 0) is 11.2 Å². The molecule has 0 atom stereocenters. The van der Waals surface area contributed by atoms with Crippen molar-refractivity contribution in [2.24, 2.45) is 0 Å². The molecule has 142 valence electrons. The van der Waals surface area contributed by atoms with E-state index in [1.54, 1.807) is 17.0 Å². The molecular weight excluding hydrogens is 374 g/mol. The number of nitrogens with one attached hydrogen (secondary N) is 1. The monoisotopic (exact) mass is 392 g/mol. The van der Waals surface area contributed by atoms with E-state index in [1.165, 1.54) is 30.3 Å². The van der Waals surface area contributed by atoms with Gasteiger partial charge in [0.15, 0.2) is 0 Å². The second kappa shape index (κ2) is 8.48. The van der Waals surface area contributed by atoms with Gasteiger partial charge in [0.2, 0.25) is 5.91 Å². The number of piperidine rings is 1. The molecule has 2 aromatic carbocycles. The van der Waals surface area contributed by atoms with Crippen LogP contribution >= 0.6 is 11.6 Å². The Bertz CT molecular complexity index is 831. The molecule has 0 saturated carbocycles. The first-order chi connectivity index (χ1) is 13.0. The number of carbonyl (C=O) groups excluding carboxylic acids is 2. The van der Waals surface area contributed by atoms with Crippen molar-refractivity contribution in [3.8, 4) is 0 Å². The number of benzene rings is 2. The Balaban J connectivity index is 1.53. The summed E-state index contributed by atoms with van der Waals surface area (Å²) in [4.78, 5) is 26.2. The lowest BCUT2D eigenvalue weighted by atomic mass is 10.0. The summed E-state index contributed by atoms with van der Waals surface area (Å²) in [5.41, 5.74) is 0.220. The van der Waals surface area contributed by atoms with Crippen molar-refractivity contribution in [1.82, 2.24) is 10.2 Å². The van der Waals surface area contributed by atoms with Gasteiger partial charge in [-0.25, -0.2) is 8.78 Å². The van der Waals surface area contributed by atoms with Crippen molar-refractivity contribution < 1.29 is 18.4 Å². The summed E-state index contributed by atoms with van der Waals surface area (Å²) in [6.07, 6.45) is 0.966. The molecule has 7 heteroatoms. The van der Waals surface area contributed by atoms with Crippen LogP contribution in [0, 0.1) is 11.6 Å². The SMILES string of the molecule is O=C(Cc1c(F)cccc1Cl)NC1CCN(C(=O)c2ccccc2F)CC1. The van der Waals surface area contributed by atoms with E-state index in [0.717, 1.165) is 0 Å². The zero-order chi connectivity index (χ0) is 19.4. The third kappa shape index (κ3) is 4.63. The van der Waals surface area contributed by atoms with E-state index in [9.17, 15) is 18.4 Å². The third-order valence-electron chi connectivity index (χ3n) is 4.65. The molecule has 1 heterocycles. The van der Waals surface area contributed by atoms with Crippen LogP contribution in [0.2, 0.25) is 5.02 Å².